The van der Waals surface area contributed by atoms with Crippen LogP contribution in [-0.2, 0) is 6.18 Å². The Hall–Kier alpha value is -1.25. The number of nitrogens with one attached hydrogen (secondary N) is 1. The number of aromatic nitrogens is 2. The van der Waals surface area contributed by atoms with Gasteiger partial charge >= 0.3 is 12.4 Å². The molecule has 0 fully saturated rings. The summed E-state index contributed by atoms with van der Waals surface area (Å²) in [6, 6.07) is 0. The van der Waals surface area contributed by atoms with E-state index in [9.17, 15) is 26.3 Å². The molecule has 0 atom stereocenters. The van der Waals surface area contributed by atoms with E-state index in [0.717, 1.165) is 0 Å². The van der Waals surface area contributed by atoms with Crippen molar-refractivity contribution in [1.82, 2.24) is 9.97 Å². The van der Waals surface area contributed by atoms with Crippen molar-refractivity contribution in [2.24, 2.45) is 0 Å². The molecule has 0 bridgehead atoms. The highest BCUT2D eigenvalue weighted by Gasteiger charge is 2.36. The van der Waals surface area contributed by atoms with Crippen LogP contribution in [0, 0.1) is 0 Å². The molecule has 0 saturated heterocycles. The van der Waals surface area contributed by atoms with Crippen LogP contribution in [0.3, 0.4) is 0 Å². The van der Waals surface area contributed by atoms with Gasteiger partial charge in [-0.1, -0.05) is 0 Å². The molecule has 1 aromatic rings. The molecule has 0 spiro atoms. The molecular formula is C7H4ClF6N3. The average molecular weight is 280 g/mol. The van der Waals surface area contributed by atoms with Gasteiger partial charge < -0.3 is 5.32 Å². The summed E-state index contributed by atoms with van der Waals surface area (Å²) in [6.45, 7) is -1.65. The Morgan fingerprint density at radius 2 is 1.76 bits per heavy atom. The molecule has 1 N–H and O–H groups in total. The smallest absolute Gasteiger partial charge is 0.361 e. The molecule has 0 unspecified atom stereocenters. The largest absolute Gasteiger partial charge is 0.421 e. The van der Waals surface area contributed by atoms with Gasteiger partial charge in [-0.3, -0.25) is 0 Å². The van der Waals surface area contributed by atoms with Gasteiger partial charge in [-0.25, -0.2) is 9.97 Å². The number of rotatable bonds is 2. The molecule has 0 amide bonds. The van der Waals surface area contributed by atoms with Gasteiger partial charge in [0.25, 0.3) is 0 Å². The van der Waals surface area contributed by atoms with Gasteiger partial charge in [-0.15, -0.1) is 0 Å². The monoisotopic (exact) mass is 279 g/mol. The van der Waals surface area contributed by atoms with E-state index in [-0.39, 0.29) is 0 Å². The quantitative estimate of drug-likeness (QED) is 0.668. The van der Waals surface area contributed by atoms with E-state index in [0.29, 0.717) is 6.20 Å². The fourth-order valence-electron chi connectivity index (χ4n) is 0.886. The first-order valence-corrected chi connectivity index (χ1v) is 4.38. The zero-order valence-electron chi connectivity index (χ0n) is 7.82. The molecule has 96 valence electrons. The molecule has 1 aromatic heterocycles. The first-order chi connectivity index (χ1) is 7.59. The van der Waals surface area contributed by atoms with Crippen LogP contribution in [0.4, 0.5) is 32.2 Å². The summed E-state index contributed by atoms with van der Waals surface area (Å²) in [5.41, 5.74) is -1.41. The number of hydrogen-bond donors (Lipinski definition) is 1. The van der Waals surface area contributed by atoms with Crippen molar-refractivity contribution < 1.29 is 26.3 Å². The summed E-state index contributed by atoms with van der Waals surface area (Å²) in [4.78, 5) is 6.13. The number of nitrogens with zero attached hydrogens (tertiary/aromatic N) is 2. The van der Waals surface area contributed by atoms with Crippen molar-refractivity contribution in [2.75, 3.05) is 11.9 Å². The minimum Gasteiger partial charge on any atom is -0.361 e. The summed E-state index contributed by atoms with van der Waals surface area (Å²) >= 11 is 5.21. The average Bonchev–Trinajstić information content (AvgIpc) is 2.11. The second kappa shape index (κ2) is 4.55. The zero-order valence-corrected chi connectivity index (χ0v) is 8.58. The molecular weight excluding hydrogens is 276 g/mol. The Morgan fingerprint density at radius 3 is 2.24 bits per heavy atom. The van der Waals surface area contributed by atoms with Crippen LogP contribution in [0.15, 0.2) is 6.20 Å². The minimum atomic E-state index is -4.86. The second-order valence-electron chi connectivity index (χ2n) is 2.87. The number of halogens is 7. The third kappa shape index (κ3) is 4.25. The molecule has 0 aliphatic carbocycles. The lowest BCUT2D eigenvalue weighted by Gasteiger charge is -2.14. The fourth-order valence-corrected chi connectivity index (χ4v) is 1.02. The van der Waals surface area contributed by atoms with Crippen molar-refractivity contribution in [3.05, 3.63) is 17.0 Å². The third-order valence-corrected chi connectivity index (χ3v) is 1.70. The highest BCUT2D eigenvalue weighted by molar-refractivity contribution is 6.28. The molecule has 0 radical (unpaired) electrons. The summed E-state index contributed by atoms with van der Waals surface area (Å²) in [7, 11) is 0. The highest BCUT2D eigenvalue weighted by Crippen LogP contribution is 2.34. The van der Waals surface area contributed by atoms with Crippen LogP contribution in [0.25, 0.3) is 0 Å². The Balaban J connectivity index is 3.00. The molecule has 0 saturated carbocycles. The van der Waals surface area contributed by atoms with Crippen molar-refractivity contribution in [3.8, 4) is 0 Å². The first-order valence-electron chi connectivity index (χ1n) is 4.00. The van der Waals surface area contributed by atoms with Crippen LogP contribution in [0.2, 0.25) is 5.28 Å². The lowest BCUT2D eigenvalue weighted by Crippen LogP contribution is -2.24. The van der Waals surface area contributed by atoms with Crippen molar-refractivity contribution in [3.63, 3.8) is 0 Å². The van der Waals surface area contributed by atoms with Crippen molar-refractivity contribution >= 4 is 17.4 Å². The summed E-state index contributed by atoms with van der Waals surface area (Å²) < 4.78 is 72.6. The van der Waals surface area contributed by atoms with E-state index in [1.54, 1.807) is 0 Å². The van der Waals surface area contributed by atoms with Crippen LogP contribution >= 0.6 is 11.6 Å². The molecule has 3 nitrogen and oxygen atoms in total. The molecule has 17 heavy (non-hydrogen) atoms. The predicted octanol–water partition coefficient (Wildman–Crippen LogP) is 3.12. The van der Waals surface area contributed by atoms with E-state index >= 15 is 0 Å². The number of anilines is 1. The normalized spacial score (nSPS) is 12.6. The fraction of sp³-hybridized carbons (Fsp3) is 0.429. The van der Waals surface area contributed by atoms with Gasteiger partial charge in [0, 0.05) is 6.20 Å². The lowest BCUT2D eigenvalue weighted by atomic mass is 10.3. The van der Waals surface area contributed by atoms with Crippen LogP contribution in [0.1, 0.15) is 5.56 Å². The van der Waals surface area contributed by atoms with E-state index in [2.05, 4.69) is 9.97 Å². The Bertz CT molecular complexity index is 402. The lowest BCUT2D eigenvalue weighted by molar-refractivity contribution is -0.138. The SMILES string of the molecule is FC(F)(F)CNc1nc(Cl)ncc1C(F)(F)F. The zero-order chi connectivity index (χ0) is 13.3. The van der Waals surface area contributed by atoms with Gasteiger partial charge in [0.15, 0.2) is 0 Å². The Morgan fingerprint density at radius 1 is 1.18 bits per heavy atom. The van der Waals surface area contributed by atoms with Gasteiger partial charge in [0.2, 0.25) is 5.28 Å². The molecule has 1 heterocycles. The van der Waals surface area contributed by atoms with Crippen molar-refractivity contribution in [2.45, 2.75) is 12.4 Å². The van der Waals surface area contributed by atoms with E-state index in [1.165, 1.54) is 5.32 Å². The highest BCUT2D eigenvalue weighted by atomic mass is 35.5. The maximum absolute atomic E-state index is 12.4. The van der Waals surface area contributed by atoms with Gasteiger partial charge in [0.1, 0.15) is 17.9 Å². The van der Waals surface area contributed by atoms with E-state index < -0.39 is 35.6 Å². The van der Waals surface area contributed by atoms with Crippen molar-refractivity contribution in [1.29, 1.82) is 0 Å². The molecule has 0 aromatic carbocycles. The van der Waals surface area contributed by atoms with E-state index in [4.69, 9.17) is 11.6 Å². The summed E-state index contributed by atoms with van der Waals surface area (Å²) in [6.07, 6.45) is -9.22. The third-order valence-electron chi connectivity index (χ3n) is 1.52. The van der Waals surface area contributed by atoms with Gasteiger partial charge in [0.05, 0.1) is 0 Å². The standard InChI is InChI=1S/C7H4ClF6N3/c8-5-15-1-3(7(12,13)14)4(17-5)16-2-6(9,10)11/h1H,2H2,(H,15,16,17). The summed E-state index contributed by atoms with van der Waals surface area (Å²) in [5.74, 6) is -1.00. The Labute approximate surface area is 95.8 Å². The molecule has 0 aliphatic rings. The topological polar surface area (TPSA) is 37.8 Å². The van der Waals surface area contributed by atoms with Crippen LogP contribution in [0.5, 0.6) is 0 Å². The maximum Gasteiger partial charge on any atom is 0.421 e. The van der Waals surface area contributed by atoms with Crippen LogP contribution in [-0.4, -0.2) is 22.7 Å². The first kappa shape index (κ1) is 13.8. The number of alkyl halides is 6. The van der Waals surface area contributed by atoms with Gasteiger partial charge in [-0.05, 0) is 11.6 Å². The van der Waals surface area contributed by atoms with Gasteiger partial charge in [-0.2, -0.15) is 26.3 Å². The maximum atomic E-state index is 12.4. The predicted molar refractivity (Wildman–Crippen MR) is 46.6 cm³/mol. The second-order valence-corrected chi connectivity index (χ2v) is 3.21. The summed E-state index contributed by atoms with van der Waals surface area (Å²) in [5, 5.41) is 0.939. The van der Waals surface area contributed by atoms with E-state index in [1.807, 2.05) is 0 Å². The molecule has 0 aliphatic heterocycles. The Kier molecular flexibility index (Phi) is 3.70. The molecule has 10 heteroatoms. The minimum absolute atomic E-state index is 0.314. The van der Waals surface area contributed by atoms with Crippen LogP contribution < -0.4 is 5.32 Å². The molecule has 1 rings (SSSR count). The number of hydrogen-bond acceptors (Lipinski definition) is 3.